The number of hydrogen-bond donors (Lipinski definition) is 1. The molecular weight excluding hydrogens is 403 g/mol. The lowest BCUT2D eigenvalue weighted by Crippen LogP contribution is -2.00. The molecule has 1 N–H and O–H groups in total. The van der Waals surface area contributed by atoms with Gasteiger partial charge in [-0.05, 0) is 59.0 Å². The van der Waals surface area contributed by atoms with Crippen molar-refractivity contribution in [2.24, 2.45) is 0 Å². The molecule has 1 heterocycles. The Morgan fingerprint density at radius 3 is 2.86 bits per heavy atom. The minimum atomic E-state index is -0.375. The average molecular weight is 413 g/mol. The third-order valence-electron chi connectivity index (χ3n) is 3.09. The van der Waals surface area contributed by atoms with Crippen molar-refractivity contribution in [3.05, 3.63) is 50.6 Å². The van der Waals surface area contributed by atoms with Crippen molar-refractivity contribution in [1.82, 2.24) is 9.97 Å². The summed E-state index contributed by atoms with van der Waals surface area (Å²) in [5, 5.41) is 0.627. The smallest absolute Gasteiger partial charge is 0.337 e. The molecule has 0 unspecified atom stereocenters. The number of H-pyrrole nitrogens is 1. The number of nitrogens with one attached hydrogen (secondary N) is 1. The number of ether oxygens (including phenoxy) is 1. The molecule has 21 heavy (non-hydrogen) atoms. The van der Waals surface area contributed by atoms with Crippen molar-refractivity contribution < 1.29 is 9.53 Å². The molecule has 4 nitrogen and oxygen atoms in total. The molecule has 3 rings (SSSR count). The number of methoxy groups -OCH3 is 1. The SMILES string of the molecule is COC(=O)c1ccc2nc(-c3cc(I)ccc3Cl)[nH]c2c1. The van der Waals surface area contributed by atoms with Gasteiger partial charge in [-0.25, -0.2) is 9.78 Å². The van der Waals surface area contributed by atoms with Crippen LogP contribution in [0, 0.1) is 3.57 Å². The van der Waals surface area contributed by atoms with Gasteiger partial charge < -0.3 is 9.72 Å². The zero-order valence-corrected chi connectivity index (χ0v) is 13.9. The fourth-order valence-electron chi connectivity index (χ4n) is 2.06. The first-order chi connectivity index (χ1) is 10.1. The van der Waals surface area contributed by atoms with Crippen LogP contribution in [-0.4, -0.2) is 23.0 Å². The summed E-state index contributed by atoms with van der Waals surface area (Å²) in [6.07, 6.45) is 0. The maximum atomic E-state index is 11.6. The summed E-state index contributed by atoms with van der Waals surface area (Å²) in [5.41, 5.74) is 2.85. The minimum absolute atomic E-state index is 0.375. The molecule has 0 amide bonds. The highest BCUT2D eigenvalue weighted by Crippen LogP contribution is 2.29. The zero-order valence-electron chi connectivity index (χ0n) is 11.0. The van der Waals surface area contributed by atoms with Gasteiger partial charge in [0.05, 0.1) is 28.7 Å². The normalized spacial score (nSPS) is 10.8. The van der Waals surface area contributed by atoms with Crippen LogP contribution < -0.4 is 0 Å². The number of carbonyl (C=O) groups excluding carboxylic acids is 1. The van der Waals surface area contributed by atoms with Gasteiger partial charge >= 0.3 is 5.97 Å². The number of aromatic nitrogens is 2. The number of esters is 1. The van der Waals surface area contributed by atoms with Gasteiger partial charge in [0.1, 0.15) is 5.82 Å². The molecule has 0 fully saturated rings. The molecule has 106 valence electrons. The Morgan fingerprint density at radius 1 is 1.29 bits per heavy atom. The lowest BCUT2D eigenvalue weighted by atomic mass is 10.2. The Labute approximate surface area is 139 Å². The van der Waals surface area contributed by atoms with E-state index in [1.165, 1.54) is 7.11 Å². The molecular formula is C15H10ClIN2O2. The molecule has 0 saturated heterocycles. The van der Waals surface area contributed by atoms with E-state index in [0.717, 1.165) is 20.2 Å². The number of imidazole rings is 1. The van der Waals surface area contributed by atoms with Crippen LogP contribution in [0.1, 0.15) is 10.4 Å². The van der Waals surface area contributed by atoms with E-state index < -0.39 is 0 Å². The second-order valence-corrected chi connectivity index (χ2v) is 6.09. The number of rotatable bonds is 2. The molecule has 0 radical (unpaired) electrons. The largest absolute Gasteiger partial charge is 0.465 e. The predicted molar refractivity (Wildman–Crippen MR) is 90.6 cm³/mol. The number of benzene rings is 2. The highest BCUT2D eigenvalue weighted by Gasteiger charge is 2.12. The zero-order chi connectivity index (χ0) is 15.0. The number of halogens is 2. The van der Waals surface area contributed by atoms with Crippen molar-refractivity contribution in [3.63, 3.8) is 0 Å². The monoisotopic (exact) mass is 412 g/mol. The number of fused-ring (bicyclic) bond motifs is 1. The molecule has 2 aromatic carbocycles. The average Bonchev–Trinajstić information content (AvgIpc) is 2.91. The van der Waals surface area contributed by atoms with Crippen LogP contribution in [-0.2, 0) is 4.74 Å². The van der Waals surface area contributed by atoms with Crippen molar-refractivity contribution in [1.29, 1.82) is 0 Å². The first-order valence-corrected chi connectivity index (χ1v) is 7.57. The fourth-order valence-corrected chi connectivity index (χ4v) is 2.76. The minimum Gasteiger partial charge on any atom is -0.465 e. The van der Waals surface area contributed by atoms with Crippen LogP contribution in [0.15, 0.2) is 36.4 Å². The summed E-state index contributed by atoms with van der Waals surface area (Å²) in [4.78, 5) is 19.3. The summed E-state index contributed by atoms with van der Waals surface area (Å²) < 4.78 is 5.79. The van der Waals surface area contributed by atoms with Crippen LogP contribution in [0.5, 0.6) is 0 Å². The quantitative estimate of drug-likeness (QED) is 0.505. The summed E-state index contributed by atoms with van der Waals surface area (Å²) in [6.45, 7) is 0. The Kier molecular flexibility index (Phi) is 3.86. The van der Waals surface area contributed by atoms with Gasteiger partial charge in [-0.3, -0.25) is 0 Å². The number of carbonyl (C=O) groups is 1. The van der Waals surface area contributed by atoms with Crippen LogP contribution in [0.25, 0.3) is 22.4 Å². The van der Waals surface area contributed by atoms with Crippen molar-refractivity contribution >= 4 is 51.2 Å². The van der Waals surface area contributed by atoms with Crippen molar-refractivity contribution in [2.45, 2.75) is 0 Å². The van der Waals surface area contributed by atoms with E-state index in [4.69, 9.17) is 16.3 Å². The molecule has 0 spiro atoms. The number of aromatic amines is 1. The third kappa shape index (κ3) is 2.75. The Balaban J connectivity index is 2.13. The van der Waals surface area contributed by atoms with Crippen molar-refractivity contribution in [3.8, 4) is 11.4 Å². The summed E-state index contributed by atoms with van der Waals surface area (Å²) in [5.74, 6) is 0.302. The predicted octanol–water partition coefficient (Wildman–Crippen LogP) is 4.27. The molecule has 0 atom stereocenters. The molecule has 3 aromatic rings. The van der Waals surface area contributed by atoms with Gasteiger partial charge in [0.2, 0.25) is 0 Å². The highest BCUT2D eigenvalue weighted by atomic mass is 127. The lowest BCUT2D eigenvalue weighted by molar-refractivity contribution is 0.0601. The highest BCUT2D eigenvalue weighted by molar-refractivity contribution is 14.1. The number of hydrogen-bond acceptors (Lipinski definition) is 3. The van der Waals surface area contributed by atoms with Gasteiger partial charge in [0.25, 0.3) is 0 Å². The summed E-state index contributed by atoms with van der Waals surface area (Å²) in [6, 6.07) is 10.9. The van der Waals surface area contributed by atoms with Crippen LogP contribution in [0.3, 0.4) is 0 Å². The molecule has 1 aromatic heterocycles. The Morgan fingerprint density at radius 2 is 2.10 bits per heavy atom. The van der Waals surface area contributed by atoms with Gasteiger partial charge in [-0.15, -0.1) is 0 Å². The summed E-state index contributed by atoms with van der Waals surface area (Å²) >= 11 is 8.45. The Bertz CT molecular complexity index is 845. The van der Waals surface area contributed by atoms with Crippen molar-refractivity contribution in [2.75, 3.05) is 7.11 Å². The van der Waals surface area contributed by atoms with E-state index in [2.05, 4.69) is 32.6 Å². The van der Waals surface area contributed by atoms with Crippen LogP contribution in [0.2, 0.25) is 5.02 Å². The maximum absolute atomic E-state index is 11.6. The van der Waals surface area contributed by atoms with E-state index in [1.807, 2.05) is 18.2 Å². The molecule has 0 aliphatic heterocycles. The van der Waals surface area contributed by atoms with Gasteiger partial charge in [0, 0.05) is 9.13 Å². The number of nitrogens with zero attached hydrogens (tertiary/aromatic N) is 1. The second-order valence-electron chi connectivity index (χ2n) is 4.43. The molecule has 6 heteroatoms. The first-order valence-electron chi connectivity index (χ1n) is 6.12. The standard InChI is InChI=1S/C15H10ClIN2O2/c1-21-15(20)8-2-5-12-13(6-8)19-14(18-12)10-7-9(17)3-4-11(10)16/h2-7H,1H3,(H,18,19). The van der Waals surface area contributed by atoms with E-state index in [1.54, 1.807) is 18.2 Å². The van der Waals surface area contributed by atoms with Crippen LogP contribution in [0.4, 0.5) is 0 Å². The van der Waals surface area contributed by atoms with E-state index in [9.17, 15) is 4.79 Å². The van der Waals surface area contributed by atoms with Gasteiger partial charge in [0.15, 0.2) is 0 Å². The van der Waals surface area contributed by atoms with E-state index >= 15 is 0 Å². The topological polar surface area (TPSA) is 55.0 Å². The lowest BCUT2D eigenvalue weighted by Gasteiger charge is -2.00. The Hall–Kier alpha value is -1.60. The molecule has 0 bridgehead atoms. The van der Waals surface area contributed by atoms with E-state index in [0.29, 0.717) is 16.4 Å². The van der Waals surface area contributed by atoms with Crippen LogP contribution >= 0.6 is 34.2 Å². The third-order valence-corrected chi connectivity index (χ3v) is 4.09. The van der Waals surface area contributed by atoms with E-state index in [-0.39, 0.29) is 5.97 Å². The van der Waals surface area contributed by atoms with Gasteiger partial charge in [-0.1, -0.05) is 11.6 Å². The maximum Gasteiger partial charge on any atom is 0.337 e. The fraction of sp³-hybridized carbons (Fsp3) is 0.0667. The molecule has 0 aliphatic carbocycles. The summed E-state index contributed by atoms with van der Waals surface area (Å²) in [7, 11) is 1.36. The first kappa shape index (κ1) is 14.3. The molecule has 0 saturated carbocycles. The van der Waals surface area contributed by atoms with Gasteiger partial charge in [-0.2, -0.15) is 0 Å². The molecule has 0 aliphatic rings. The second kappa shape index (κ2) is 5.65.